The van der Waals surface area contributed by atoms with E-state index in [-0.39, 0.29) is 18.1 Å². The van der Waals surface area contributed by atoms with Crippen LogP contribution in [0.25, 0.3) is 0 Å². The van der Waals surface area contributed by atoms with Crippen LogP contribution in [0.15, 0.2) is 29.3 Å². The fourth-order valence-electron chi connectivity index (χ4n) is 2.92. The number of hydrogen-bond donors (Lipinski definition) is 3. The average molecular weight is 384 g/mol. The van der Waals surface area contributed by atoms with Crippen molar-refractivity contribution in [2.75, 3.05) is 39.5 Å². The quantitative estimate of drug-likeness (QED) is 0.451. The second-order valence-corrected chi connectivity index (χ2v) is 7.12. The first-order valence-corrected chi connectivity index (χ1v) is 9.58. The molecule has 1 aromatic carbocycles. The van der Waals surface area contributed by atoms with Crippen molar-refractivity contribution in [3.63, 3.8) is 0 Å². The molecule has 7 heteroatoms. The topological polar surface area (TPSA) is 75.1 Å². The van der Waals surface area contributed by atoms with Crippen LogP contribution in [0.4, 0.5) is 0 Å². The van der Waals surface area contributed by atoms with E-state index in [2.05, 4.69) is 10.6 Å². The Morgan fingerprint density at radius 1 is 1.42 bits per heavy atom. The largest absolute Gasteiger partial charge is 0.487 e. The number of para-hydroxylation sites is 1. The molecule has 0 bridgehead atoms. The minimum Gasteiger partial charge on any atom is -0.487 e. The van der Waals surface area contributed by atoms with E-state index in [4.69, 9.17) is 26.1 Å². The van der Waals surface area contributed by atoms with E-state index in [9.17, 15) is 5.11 Å². The first kappa shape index (κ1) is 20.8. The number of aliphatic imine (C=N–C) groups is 1. The molecule has 1 fully saturated rings. The molecule has 1 aliphatic heterocycles. The van der Waals surface area contributed by atoms with Gasteiger partial charge in [-0.3, -0.25) is 4.99 Å². The van der Waals surface area contributed by atoms with Gasteiger partial charge in [0.1, 0.15) is 11.9 Å². The number of guanidine groups is 1. The lowest BCUT2D eigenvalue weighted by molar-refractivity contribution is 0.131. The lowest BCUT2D eigenvalue weighted by Gasteiger charge is -2.25. The van der Waals surface area contributed by atoms with Crippen LogP contribution in [-0.4, -0.2) is 56.6 Å². The smallest absolute Gasteiger partial charge is 0.191 e. The molecular weight excluding hydrogens is 354 g/mol. The summed E-state index contributed by atoms with van der Waals surface area (Å²) in [7, 11) is 0. The fraction of sp³-hybridized carbons (Fsp3) is 0.632. The van der Waals surface area contributed by atoms with Crippen LogP contribution in [0, 0.1) is 5.41 Å². The van der Waals surface area contributed by atoms with Crippen LogP contribution in [0.3, 0.4) is 0 Å². The van der Waals surface area contributed by atoms with Gasteiger partial charge in [0.25, 0.3) is 0 Å². The van der Waals surface area contributed by atoms with E-state index in [1.165, 1.54) is 0 Å². The molecule has 146 valence electrons. The van der Waals surface area contributed by atoms with Gasteiger partial charge in [0, 0.05) is 25.2 Å². The maximum atomic E-state index is 9.34. The molecular formula is C19H30ClN3O3. The molecule has 0 radical (unpaired) electrons. The number of aliphatic hydroxyl groups is 1. The van der Waals surface area contributed by atoms with Gasteiger partial charge in [-0.15, -0.1) is 0 Å². The van der Waals surface area contributed by atoms with Crippen LogP contribution >= 0.6 is 11.6 Å². The number of halogens is 1. The Morgan fingerprint density at radius 2 is 2.23 bits per heavy atom. The lowest BCUT2D eigenvalue weighted by atomic mass is 9.84. The molecule has 0 aliphatic carbocycles. The summed E-state index contributed by atoms with van der Waals surface area (Å²) in [6.45, 7) is 7.57. The van der Waals surface area contributed by atoms with Gasteiger partial charge in [-0.1, -0.05) is 23.7 Å². The molecule has 26 heavy (non-hydrogen) atoms. The second-order valence-electron chi connectivity index (χ2n) is 6.71. The van der Waals surface area contributed by atoms with E-state index >= 15 is 0 Å². The Balaban J connectivity index is 1.89. The number of nitrogens with one attached hydrogen (secondary N) is 2. The highest BCUT2D eigenvalue weighted by Crippen LogP contribution is 2.32. The van der Waals surface area contributed by atoms with Gasteiger partial charge in [-0.25, -0.2) is 0 Å². The number of benzene rings is 1. The van der Waals surface area contributed by atoms with Crippen molar-refractivity contribution in [1.82, 2.24) is 10.6 Å². The van der Waals surface area contributed by atoms with Crippen LogP contribution in [-0.2, 0) is 4.74 Å². The fourth-order valence-corrected chi connectivity index (χ4v) is 3.10. The van der Waals surface area contributed by atoms with Gasteiger partial charge in [-0.05, 0) is 38.8 Å². The maximum absolute atomic E-state index is 9.34. The highest BCUT2D eigenvalue weighted by Gasteiger charge is 2.34. The summed E-state index contributed by atoms with van der Waals surface area (Å²) in [5.74, 6) is 1.42. The van der Waals surface area contributed by atoms with Gasteiger partial charge in [0.05, 0.1) is 24.7 Å². The highest BCUT2D eigenvalue weighted by atomic mass is 35.5. The molecule has 1 heterocycles. The minimum atomic E-state index is -0.0695. The normalized spacial score (nSPS) is 21.5. The SMILES string of the molecule is CCNC(=NCC1(CCO)CCOC1)NCC(C)Oc1ccccc1Cl. The van der Waals surface area contributed by atoms with Gasteiger partial charge < -0.3 is 25.2 Å². The lowest BCUT2D eigenvalue weighted by Crippen LogP contribution is -2.42. The molecule has 0 amide bonds. The Labute approximate surface area is 160 Å². The highest BCUT2D eigenvalue weighted by molar-refractivity contribution is 6.32. The molecule has 2 rings (SSSR count). The molecule has 1 aliphatic rings. The van der Waals surface area contributed by atoms with Crippen molar-refractivity contribution in [3.05, 3.63) is 29.3 Å². The molecule has 3 N–H and O–H groups in total. The van der Waals surface area contributed by atoms with E-state index in [1.807, 2.05) is 38.1 Å². The summed E-state index contributed by atoms with van der Waals surface area (Å²) in [6, 6.07) is 7.45. The average Bonchev–Trinajstić information content (AvgIpc) is 3.08. The molecule has 1 saturated heterocycles. The van der Waals surface area contributed by atoms with Crippen LogP contribution in [0.2, 0.25) is 5.02 Å². The molecule has 2 atom stereocenters. The number of aliphatic hydroxyl groups excluding tert-OH is 1. The number of nitrogens with zero attached hydrogens (tertiary/aromatic N) is 1. The first-order valence-electron chi connectivity index (χ1n) is 9.20. The number of ether oxygens (including phenoxy) is 2. The molecule has 0 saturated carbocycles. The zero-order valence-electron chi connectivity index (χ0n) is 15.6. The Bertz CT molecular complexity index is 577. The van der Waals surface area contributed by atoms with Crippen molar-refractivity contribution in [3.8, 4) is 5.75 Å². The van der Waals surface area contributed by atoms with Crippen LogP contribution < -0.4 is 15.4 Å². The zero-order valence-corrected chi connectivity index (χ0v) is 16.4. The van der Waals surface area contributed by atoms with Gasteiger partial charge in [0.2, 0.25) is 0 Å². The van der Waals surface area contributed by atoms with E-state index in [0.717, 1.165) is 25.5 Å². The first-order chi connectivity index (χ1) is 12.6. The standard InChI is InChI=1S/C19H30ClN3O3/c1-3-21-18(23-13-19(8-10-24)9-11-25-14-19)22-12-15(2)26-17-7-5-4-6-16(17)20/h4-7,15,24H,3,8-14H2,1-2H3,(H2,21,22,23). The van der Waals surface area contributed by atoms with E-state index < -0.39 is 0 Å². The molecule has 6 nitrogen and oxygen atoms in total. The van der Waals surface area contributed by atoms with Crippen LogP contribution in [0.1, 0.15) is 26.7 Å². The molecule has 1 aromatic rings. The number of rotatable bonds is 9. The van der Waals surface area contributed by atoms with Crippen molar-refractivity contribution >= 4 is 17.6 Å². The molecule has 2 unspecified atom stereocenters. The van der Waals surface area contributed by atoms with Gasteiger partial charge in [0.15, 0.2) is 5.96 Å². The van der Waals surface area contributed by atoms with E-state index in [0.29, 0.717) is 36.9 Å². The van der Waals surface area contributed by atoms with Crippen molar-refractivity contribution < 1.29 is 14.6 Å². The second kappa shape index (κ2) is 10.6. The third-order valence-electron chi connectivity index (χ3n) is 4.47. The van der Waals surface area contributed by atoms with Crippen LogP contribution in [0.5, 0.6) is 5.75 Å². The Hall–Kier alpha value is -1.50. The van der Waals surface area contributed by atoms with Gasteiger partial charge >= 0.3 is 0 Å². The van der Waals surface area contributed by atoms with Crippen molar-refractivity contribution in [1.29, 1.82) is 0 Å². The maximum Gasteiger partial charge on any atom is 0.191 e. The predicted octanol–water partition coefficient (Wildman–Crippen LogP) is 2.45. The van der Waals surface area contributed by atoms with Crippen molar-refractivity contribution in [2.45, 2.75) is 32.8 Å². The van der Waals surface area contributed by atoms with Crippen molar-refractivity contribution in [2.24, 2.45) is 10.4 Å². The third kappa shape index (κ3) is 6.34. The monoisotopic (exact) mass is 383 g/mol. The zero-order chi connectivity index (χ0) is 18.8. The molecule has 0 spiro atoms. The van der Waals surface area contributed by atoms with Gasteiger partial charge in [-0.2, -0.15) is 0 Å². The Kier molecular flexibility index (Phi) is 8.48. The summed E-state index contributed by atoms with van der Waals surface area (Å²) in [5.41, 5.74) is -0.0587. The summed E-state index contributed by atoms with van der Waals surface area (Å²) < 4.78 is 11.4. The van der Waals surface area contributed by atoms with E-state index in [1.54, 1.807) is 0 Å². The predicted molar refractivity (Wildman–Crippen MR) is 105 cm³/mol. The Morgan fingerprint density at radius 3 is 2.88 bits per heavy atom. The number of hydrogen-bond acceptors (Lipinski definition) is 4. The summed E-state index contributed by atoms with van der Waals surface area (Å²) in [6.07, 6.45) is 1.57. The summed E-state index contributed by atoms with van der Waals surface area (Å²) in [5, 5.41) is 16.5. The minimum absolute atomic E-state index is 0.0587. The molecule has 0 aromatic heterocycles. The third-order valence-corrected chi connectivity index (χ3v) is 4.78. The summed E-state index contributed by atoms with van der Waals surface area (Å²) >= 11 is 6.13. The summed E-state index contributed by atoms with van der Waals surface area (Å²) in [4.78, 5) is 4.70.